The molecule has 2 atom stereocenters. The quantitative estimate of drug-likeness (QED) is 0.619. The highest BCUT2D eigenvalue weighted by molar-refractivity contribution is 7.94. The first-order chi connectivity index (χ1) is 15.6. The largest absolute Gasteiger partial charge is 0.369 e. The van der Waals surface area contributed by atoms with Gasteiger partial charge < -0.3 is 15.3 Å². The molecule has 1 saturated heterocycles. The van der Waals surface area contributed by atoms with Crippen LogP contribution < -0.4 is 14.9 Å². The van der Waals surface area contributed by atoms with Crippen molar-refractivity contribution < 1.29 is 18.3 Å². The highest BCUT2D eigenvalue weighted by Gasteiger charge is 2.39. The molecule has 0 saturated carbocycles. The number of nitrogens with zero attached hydrogens (tertiary/aromatic N) is 2. The molecule has 0 bridgehead atoms. The van der Waals surface area contributed by atoms with Crippen molar-refractivity contribution in [3.63, 3.8) is 0 Å². The van der Waals surface area contributed by atoms with Crippen molar-refractivity contribution in [2.45, 2.75) is 39.0 Å². The van der Waals surface area contributed by atoms with Crippen LogP contribution in [0.5, 0.6) is 0 Å². The second-order valence-electron chi connectivity index (χ2n) is 9.10. The molecule has 9 heteroatoms. The van der Waals surface area contributed by atoms with Gasteiger partial charge in [0.15, 0.2) is 6.23 Å². The lowest BCUT2D eigenvalue weighted by Gasteiger charge is -2.34. The monoisotopic (exact) mass is 468 g/mol. The summed E-state index contributed by atoms with van der Waals surface area (Å²) in [7, 11) is -4.27. The zero-order valence-electron chi connectivity index (χ0n) is 18.8. The molecule has 8 nitrogen and oxygen atoms in total. The third-order valence-electron chi connectivity index (χ3n) is 5.94. The van der Waals surface area contributed by atoms with E-state index in [0.29, 0.717) is 24.0 Å². The molecule has 0 aliphatic carbocycles. The van der Waals surface area contributed by atoms with E-state index < -0.39 is 22.2 Å². The Morgan fingerprint density at radius 3 is 2.58 bits per heavy atom. The first-order valence-corrected chi connectivity index (χ1v) is 12.3. The fourth-order valence-corrected chi connectivity index (χ4v) is 5.59. The summed E-state index contributed by atoms with van der Waals surface area (Å²) < 4.78 is 27.7. The number of nitrogens with one attached hydrogen (secondary N) is 2. The predicted molar refractivity (Wildman–Crippen MR) is 128 cm³/mol. The van der Waals surface area contributed by atoms with Crippen LogP contribution in [0.4, 0.5) is 5.82 Å². The summed E-state index contributed by atoms with van der Waals surface area (Å²) in [5.41, 5.74) is 1.50. The van der Waals surface area contributed by atoms with Crippen molar-refractivity contribution in [3.05, 3.63) is 71.3 Å². The van der Waals surface area contributed by atoms with Crippen molar-refractivity contribution in [3.8, 4) is 11.3 Å². The first-order valence-electron chi connectivity index (χ1n) is 10.8. The van der Waals surface area contributed by atoms with Gasteiger partial charge >= 0.3 is 0 Å². The summed E-state index contributed by atoms with van der Waals surface area (Å²) in [6, 6.07) is 12.9. The van der Waals surface area contributed by atoms with Crippen molar-refractivity contribution in [2.24, 2.45) is 5.92 Å². The number of aliphatic hydroxyl groups is 1. The molecule has 2 aromatic rings. The molecule has 33 heavy (non-hydrogen) atoms. The molecule has 1 unspecified atom stereocenters. The van der Waals surface area contributed by atoms with Gasteiger partial charge in [-0.3, -0.25) is 4.79 Å². The van der Waals surface area contributed by atoms with Crippen LogP contribution in [-0.2, 0) is 10.0 Å². The fourth-order valence-electron chi connectivity index (χ4n) is 4.50. The van der Waals surface area contributed by atoms with Gasteiger partial charge in [0, 0.05) is 17.6 Å². The zero-order valence-corrected chi connectivity index (χ0v) is 19.6. The highest BCUT2D eigenvalue weighted by Crippen LogP contribution is 2.38. The Bertz CT molecular complexity index is 1220. The summed E-state index contributed by atoms with van der Waals surface area (Å²) in [6.07, 6.45) is 3.60. The number of sulfonamides is 1. The predicted octanol–water partition coefficient (Wildman–Crippen LogP) is 2.75. The maximum atomic E-state index is 13.2. The number of hydrogen-bond acceptors (Lipinski definition) is 7. The summed E-state index contributed by atoms with van der Waals surface area (Å²) in [4.78, 5) is 19.8. The van der Waals surface area contributed by atoms with E-state index in [2.05, 4.69) is 35.7 Å². The van der Waals surface area contributed by atoms with Gasteiger partial charge in [-0.1, -0.05) is 37.3 Å². The molecule has 1 aromatic carbocycles. The normalized spacial score (nSPS) is 21.9. The van der Waals surface area contributed by atoms with Crippen LogP contribution in [0.25, 0.3) is 11.3 Å². The molecule has 174 valence electrons. The lowest BCUT2D eigenvalue weighted by Crippen LogP contribution is -2.42. The number of anilines is 1. The van der Waals surface area contributed by atoms with E-state index in [0.717, 1.165) is 12.0 Å². The maximum Gasteiger partial charge on any atom is 0.268 e. The SMILES string of the molecule is C[C@@H]1CN(c2nc(-c3ccccc3)ccc2C(=O)NS(=O)(=O)C2=CC=CNC2O)C(C)(C)C1. The summed E-state index contributed by atoms with van der Waals surface area (Å²) >= 11 is 0. The van der Waals surface area contributed by atoms with E-state index in [1.807, 2.05) is 30.3 Å². The number of carbonyl (C=O) groups is 1. The summed E-state index contributed by atoms with van der Waals surface area (Å²) in [6.45, 7) is 7.02. The first kappa shape index (κ1) is 23.0. The molecule has 0 radical (unpaired) electrons. The molecule has 2 aliphatic heterocycles. The number of dihydropyridines is 1. The molecular weight excluding hydrogens is 440 g/mol. The molecule has 3 N–H and O–H groups in total. The Labute approximate surface area is 194 Å². The molecule has 1 amide bonds. The minimum Gasteiger partial charge on any atom is -0.369 e. The Hall–Kier alpha value is -3.17. The topological polar surface area (TPSA) is 112 Å². The summed E-state index contributed by atoms with van der Waals surface area (Å²) in [5, 5.41) is 12.5. The number of hydrogen-bond donors (Lipinski definition) is 3. The van der Waals surface area contributed by atoms with Crippen LogP contribution in [0.3, 0.4) is 0 Å². The Kier molecular flexibility index (Phi) is 6.02. The molecule has 4 rings (SSSR count). The van der Waals surface area contributed by atoms with Crippen LogP contribution in [0.15, 0.2) is 65.7 Å². The second kappa shape index (κ2) is 8.64. The second-order valence-corrected chi connectivity index (χ2v) is 10.8. The number of benzene rings is 1. The van der Waals surface area contributed by atoms with Gasteiger partial charge in [0.2, 0.25) is 0 Å². The van der Waals surface area contributed by atoms with E-state index in [-0.39, 0.29) is 16.0 Å². The van der Waals surface area contributed by atoms with Crippen LogP contribution in [0.2, 0.25) is 0 Å². The molecular formula is C24H28N4O4S. The van der Waals surface area contributed by atoms with Gasteiger partial charge in [-0.2, -0.15) is 0 Å². The van der Waals surface area contributed by atoms with Crippen LogP contribution in [0.1, 0.15) is 37.6 Å². The van der Waals surface area contributed by atoms with Crippen molar-refractivity contribution in [1.29, 1.82) is 0 Å². The van der Waals surface area contributed by atoms with E-state index in [1.54, 1.807) is 12.1 Å². The fraction of sp³-hybridized carbons (Fsp3) is 0.333. The zero-order chi connectivity index (χ0) is 23.8. The minimum absolute atomic E-state index is 0.162. The highest BCUT2D eigenvalue weighted by atomic mass is 32.2. The minimum atomic E-state index is -4.27. The maximum absolute atomic E-state index is 13.2. The van der Waals surface area contributed by atoms with Gasteiger partial charge in [0.1, 0.15) is 10.7 Å². The van der Waals surface area contributed by atoms with Gasteiger partial charge in [0.25, 0.3) is 15.9 Å². The average molecular weight is 469 g/mol. The number of amides is 1. The number of carbonyl (C=O) groups excluding carboxylic acids is 1. The lowest BCUT2D eigenvalue weighted by molar-refractivity contribution is 0.0981. The smallest absolute Gasteiger partial charge is 0.268 e. The van der Waals surface area contributed by atoms with Gasteiger partial charge in [-0.05, 0) is 56.7 Å². The third kappa shape index (κ3) is 4.65. The van der Waals surface area contributed by atoms with Crippen LogP contribution in [-0.4, -0.2) is 42.7 Å². The number of allylic oxidation sites excluding steroid dienone is 2. The molecule has 0 spiro atoms. The molecule has 3 heterocycles. The van der Waals surface area contributed by atoms with E-state index >= 15 is 0 Å². The molecule has 1 aromatic heterocycles. The summed E-state index contributed by atoms with van der Waals surface area (Å²) in [5.74, 6) is 0.0342. The van der Waals surface area contributed by atoms with Gasteiger partial charge in [-0.25, -0.2) is 18.1 Å². The van der Waals surface area contributed by atoms with Crippen molar-refractivity contribution in [1.82, 2.24) is 15.0 Å². The number of rotatable bonds is 5. The van der Waals surface area contributed by atoms with Crippen molar-refractivity contribution >= 4 is 21.7 Å². The van der Waals surface area contributed by atoms with Crippen LogP contribution in [0, 0.1) is 5.92 Å². The Morgan fingerprint density at radius 2 is 1.94 bits per heavy atom. The van der Waals surface area contributed by atoms with Crippen molar-refractivity contribution in [2.75, 3.05) is 11.4 Å². The number of aromatic nitrogens is 1. The third-order valence-corrected chi connectivity index (χ3v) is 7.37. The van der Waals surface area contributed by atoms with Gasteiger partial charge in [-0.15, -0.1) is 0 Å². The number of aliphatic hydroxyl groups excluding tert-OH is 1. The van der Waals surface area contributed by atoms with E-state index in [9.17, 15) is 18.3 Å². The van der Waals surface area contributed by atoms with Crippen LogP contribution >= 0.6 is 0 Å². The average Bonchev–Trinajstić information content (AvgIpc) is 3.05. The Morgan fingerprint density at radius 1 is 1.21 bits per heavy atom. The van der Waals surface area contributed by atoms with Gasteiger partial charge in [0.05, 0.1) is 11.3 Å². The standard InChI is InChI=1S/C24H28N4O4S/c1-16-14-24(2,3)28(15-16)21-18(11-12-19(26-21)17-8-5-4-6-9-17)22(29)27-33(31,32)20-10-7-13-25-23(20)30/h4-13,16,23,25,30H,14-15H2,1-3H3,(H,27,29)/t16-,23?/m0/s1. The molecule has 2 aliphatic rings. The lowest BCUT2D eigenvalue weighted by atomic mass is 9.97. The number of pyridine rings is 1. The Balaban J connectivity index is 1.75. The molecule has 1 fully saturated rings. The van der Waals surface area contributed by atoms with E-state index in [4.69, 9.17) is 4.98 Å². The van der Waals surface area contributed by atoms with E-state index in [1.165, 1.54) is 18.4 Å².